The highest BCUT2D eigenvalue weighted by Crippen LogP contribution is 2.22. The standard InChI is InChI=1S/C30H30FNO/c1-22(32-19-18-26-8-5-7-25-6-3-4-9-30(25)26)20-27-21-29(33-2)17-14-24(27)13-10-23-11-15-28(31)16-12-23/h3-17,21-22,32H,18-20H2,1-2H3/b13-10+. The van der Waals surface area contributed by atoms with Crippen molar-refractivity contribution in [1.29, 1.82) is 0 Å². The van der Waals surface area contributed by atoms with Crippen molar-refractivity contribution in [3.63, 3.8) is 0 Å². The highest BCUT2D eigenvalue weighted by molar-refractivity contribution is 5.85. The van der Waals surface area contributed by atoms with E-state index >= 15 is 0 Å². The lowest BCUT2D eigenvalue weighted by atomic mass is 9.99. The fourth-order valence-electron chi connectivity index (χ4n) is 4.17. The van der Waals surface area contributed by atoms with Crippen LogP contribution in [0.2, 0.25) is 0 Å². The Morgan fingerprint density at radius 3 is 2.48 bits per heavy atom. The lowest BCUT2D eigenvalue weighted by Crippen LogP contribution is -2.30. The minimum absolute atomic E-state index is 0.222. The summed E-state index contributed by atoms with van der Waals surface area (Å²) in [4.78, 5) is 0. The van der Waals surface area contributed by atoms with E-state index in [0.717, 1.165) is 36.3 Å². The van der Waals surface area contributed by atoms with Gasteiger partial charge in [0.25, 0.3) is 0 Å². The van der Waals surface area contributed by atoms with Crippen molar-refractivity contribution in [2.24, 2.45) is 0 Å². The van der Waals surface area contributed by atoms with Gasteiger partial charge < -0.3 is 10.1 Å². The predicted octanol–water partition coefficient (Wildman–Crippen LogP) is 6.92. The second-order valence-electron chi connectivity index (χ2n) is 8.40. The van der Waals surface area contributed by atoms with Gasteiger partial charge in [-0.15, -0.1) is 0 Å². The molecule has 0 bridgehead atoms. The molecule has 4 rings (SSSR count). The minimum atomic E-state index is -0.222. The first-order valence-corrected chi connectivity index (χ1v) is 11.4. The van der Waals surface area contributed by atoms with Gasteiger partial charge in [0.05, 0.1) is 7.11 Å². The van der Waals surface area contributed by atoms with E-state index in [1.54, 1.807) is 19.2 Å². The van der Waals surface area contributed by atoms with E-state index in [2.05, 4.69) is 72.9 Å². The highest BCUT2D eigenvalue weighted by atomic mass is 19.1. The van der Waals surface area contributed by atoms with Gasteiger partial charge in [0.2, 0.25) is 0 Å². The van der Waals surface area contributed by atoms with E-state index in [-0.39, 0.29) is 5.82 Å². The van der Waals surface area contributed by atoms with Crippen LogP contribution < -0.4 is 10.1 Å². The van der Waals surface area contributed by atoms with Crippen molar-refractivity contribution in [2.45, 2.75) is 25.8 Å². The fourth-order valence-corrected chi connectivity index (χ4v) is 4.17. The molecule has 0 aliphatic carbocycles. The van der Waals surface area contributed by atoms with Crippen LogP contribution in [0.15, 0.2) is 84.9 Å². The molecule has 0 amide bonds. The van der Waals surface area contributed by atoms with E-state index < -0.39 is 0 Å². The second-order valence-corrected chi connectivity index (χ2v) is 8.40. The van der Waals surface area contributed by atoms with Crippen LogP contribution in [-0.4, -0.2) is 19.7 Å². The molecule has 0 aliphatic heterocycles. The molecule has 1 atom stereocenters. The molecule has 168 valence electrons. The second kappa shape index (κ2) is 10.9. The number of fused-ring (bicyclic) bond motifs is 1. The molecule has 1 N–H and O–H groups in total. The Kier molecular flexibility index (Phi) is 7.54. The maximum Gasteiger partial charge on any atom is 0.123 e. The summed E-state index contributed by atoms with van der Waals surface area (Å²) in [6, 6.07) is 28.1. The Labute approximate surface area is 195 Å². The van der Waals surface area contributed by atoms with Crippen molar-refractivity contribution >= 4 is 22.9 Å². The number of benzene rings is 4. The first-order valence-electron chi connectivity index (χ1n) is 11.4. The van der Waals surface area contributed by atoms with Gasteiger partial charge >= 0.3 is 0 Å². The molecule has 33 heavy (non-hydrogen) atoms. The summed E-state index contributed by atoms with van der Waals surface area (Å²) in [6.07, 6.45) is 5.98. The highest BCUT2D eigenvalue weighted by Gasteiger charge is 2.09. The molecule has 1 unspecified atom stereocenters. The summed E-state index contributed by atoms with van der Waals surface area (Å²) in [6.45, 7) is 3.13. The zero-order chi connectivity index (χ0) is 23.0. The van der Waals surface area contributed by atoms with Crippen molar-refractivity contribution < 1.29 is 9.13 Å². The maximum atomic E-state index is 13.2. The van der Waals surface area contributed by atoms with E-state index in [9.17, 15) is 4.39 Å². The molecule has 4 aromatic rings. The number of ether oxygens (including phenoxy) is 1. The summed E-state index contributed by atoms with van der Waals surface area (Å²) < 4.78 is 18.6. The predicted molar refractivity (Wildman–Crippen MR) is 137 cm³/mol. The van der Waals surface area contributed by atoms with Crippen LogP contribution in [0.1, 0.15) is 29.2 Å². The molecular formula is C30H30FNO. The third kappa shape index (κ3) is 6.09. The molecule has 2 nitrogen and oxygen atoms in total. The number of rotatable bonds is 9. The Morgan fingerprint density at radius 2 is 1.67 bits per heavy atom. The monoisotopic (exact) mass is 439 g/mol. The number of methoxy groups -OCH3 is 1. The van der Waals surface area contributed by atoms with Gasteiger partial charge in [-0.2, -0.15) is 0 Å². The van der Waals surface area contributed by atoms with Crippen LogP contribution in [0.3, 0.4) is 0 Å². The SMILES string of the molecule is COc1ccc(/C=C/c2ccc(F)cc2)c(CC(C)NCCc2cccc3ccccc23)c1. The largest absolute Gasteiger partial charge is 0.497 e. The number of nitrogens with one attached hydrogen (secondary N) is 1. The first-order chi connectivity index (χ1) is 16.1. The molecule has 0 aliphatic rings. The van der Waals surface area contributed by atoms with Crippen LogP contribution in [-0.2, 0) is 12.8 Å². The van der Waals surface area contributed by atoms with Gasteiger partial charge in [0.1, 0.15) is 11.6 Å². The van der Waals surface area contributed by atoms with Crippen LogP contribution >= 0.6 is 0 Å². The van der Waals surface area contributed by atoms with Gasteiger partial charge in [0.15, 0.2) is 0 Å². The fraction of sp³-hybridized carbons (Fsp3) is 0.200. The third-order valence-corrected chi connectivity index (χ3v) is 5.97. The van der Waals surface area contributed by atoms with Gasteiger partial charge in [-0.3, -0.25) is 0 Å². The average Bonchev–Trinajstić information content (AvgIpc) is 2.84. The normalized spacial score (nSPS) is 12.3. The maximum absolute atomic E-state index is 13.2. The topological polar surface area (TPSA) is 21.3 Å². The zero-order valence-electron chi connectivity index (χ0n) is 19.2. The third-order valence-electron chi connectivity index (χ3n) is 5.97. The van der Waals surface area contributed by atoms with Crippen LogP contribution in [0, 0.1) is 5.82 Å². The lowest BCUT2D eigenvalue weighted by molar-refractivity contribution is 0.414. The molecule has 3 heteroatoms. The molecule has 0 fully saturated rings. The summed E-state index contributed by atoms with van der Waals surface area (Å²) in [7, 11) is 1.69. The summed E-state index contributed by atoms with van der Waals surface area (Å²) in [5, 5.41) is 6.30. The molecule has 0 aromatic heterocycles. The number of hydrogen-bond acceptors (Lipinski definition) is 2. The number of halogens is 1. The van der Waals surface area contributed by atoms with Crippen LogP contribution in [0.25, 0.3) is 22.9 Å². The van der Waals surface area contributed by atoms with Crippen LogP contribution in [0.4, 0.5) is 4.39 Å². The molecule has 0 radical (unpaired) electrons. The number of hydrogen-bond donors (Lipinski definition) is 1. The molecular weight excluding hydrogens is 409 g/mol. The van der Waals surface area contributed by atoms with Crippen molar-refractivity contribution in [3.05, 3.63) is 113 Å². The molecule has 0 heterocycles. The smallest absolute Gasteiger partial charge is 0.123 e. The summed E-state index contributed by atoms with van der Waals surface area (Å²) in [5.74, 6) is 0.632. The zero-order valence-corrected chi connectivity index (χ0v) is 19.2. The van der Waals surface area contributed by atoms with Gasteiger partial charge in [-0.25, -0.2) is 4.39 Å². The molecule has 0 spiro atoms. The summed E-state index contributed by atoms with van der Waals surface area (Å²) in [5.41, 5.74) is 4.71. The minimum Gasteiger partial charge on any atom is -0.497 e. The van der Waals surface area contributed by atoms with Crippen LogP contribution in [0.5, 0.6) is 5.75 Å². The van der Waals surface area contributed by atoms with Crippen molar-refractivity contribution in [1.82, 2.24) is 5.32 Å². The summed E-state index contributed by atoms with van der Waals surface area (Å²) >= 11 is 0. The van der Waals surface area contributed by atoms with Crippen molar-refractivity contribution in [3.8, 4) is 5.75 Å². The lowest BCUT2D eigenvalue weighted by Gasteiger charge is -2.17. The molecule has 4 aromatic carbocycles. The quantitative estimate of drug-likeness (QED) is 0.286. The Balaban J connectivity index is 1.42. The first kappa shape index (κ1) is 22.8. The molecule has 0 saturated carbocycles. The Bertz CT molecular complexity index is 1220. The van der Waals surface area contributed by atoms with E-state index in [0.29, 0.717) is 6.04 Å². The van der Waals surface area contributed by atoms with E-state index in [1.807, 2.05) is 12.1 Å². The van der Waals surface area contributed by atoms with Crippen molar-refractivity contribution in [2.75, 3.05) is 13.7 Å². The van der Waals surface area contributed by atoms with E-state index in [1.165, 1.54) is 34.0 Å². The average molecular weight is 440 g/mol. The Morgan fingerprint density at radius 1 is 0.879 bits per heavy atom. The van der Waals surface area contributed by atoms with Gasteiger partial charge in [-0.05, 0) is 83.6 Å². The van der Waals surface area contributed by atoms with E-state index in [4.69, 9.17) is 4.74 Å². The Hall–Kier alpha value is -3.43. The van der Waals surface area contributed by atoms with Gasteiger partial charge in [0, 0.05) is 6.04 Å². The van der Waals surface area contributed by atoms with Gasteiger partial charge in [-0.1, -0.05) is 72.8 Å². The molecule has 0 saturated heterocycles.